The molecule has 0 radical (unpaired) electrons. The van der Waals surface area contributed by atoms with Crippen LogP contribution < -0.4 is 0 Å². The average Bonchev–Trinajstić information content (AvgIpc) is 2.82. The summed E-state index contributed by atoms with van der Waals surface area (Å²) in [5.74, 6) is 0.301. The summed E-state index contributed by atoms with van der Waals surface area (Å²) in [4.78, 5) is 12.1. The topological polar surface area (TPSA) is 17.1 Å². The first-order valence-electron chi connectivity index (χ1n) is 6.68. The number of hydrogen-bond donors (Lipinski definition) is 0. The Bertz CT molecular complexity index is 596. The summed E-state index contributed by atoms with van der Waals surface area (Å²) in [5, 5.41) is 0. The molecule has 2 aromatic rings. The Morgan fingerprint density at radius 2 is 1.47 bits per heavy atom. The summed E-state index contributed by atoms with van der Waals surface area (Å²) in [7, 11) is 0. The molecular formula is C18H16O. The number of benzene rings is 2. The van der Waals surface area contributed by atoms with E-state index in [1.807, 2.05) is 48.5 Å². The quantitative estimate of drug-likeness (QED) is 0.777. The van der Waals surface area contributed by atoms with E-state index in [2.05, 4.69) is 18.2 Å². The van der Waals surface area contributed by atoms with Crippen LogP contribution in [-0.2, 0) is 4.79 Å². The van der Waals surface area contributed by atoms with Crippen LogP contribution in [0.1, 0.15) is 29.9 Å². The molecule has 1 aliphatic rings. The van der Waals surface area contributed by atoms with E-state index in [1.165, 1.54) is 11.1 Å². The van der Waals surface area contributed by atoms with Crippen LogP contribution in [0.3, 0.4) is 0 Å². The fourth-order valence-electron chi connectivity index (χ4n) is 2.73. The Balaban J connectivity index is 1.98. The number of hydrogen-bond acceptors (Lipinski definition) is 1. The molecule has 19 heavy (non-hydrogen) atoms. The van der Waals surface area contributed by atoms with E-state index in [0.717, 1.165) is 12.0 Å². The highest BCUT2D eigenvalue weighted by molar-refractivity contribution is 5.93. The molecule has 0 saturated heterocycles. The van der Waals surface area contributed by atoms with Crippen LogP contribution in [0.2, 0.25) is 0 Å². The lowest BCUT2D eigenvalue weighted by Crippen LogP contribution is -2.05. The predicted octanol–water partition coefficient (Wildman–Crippen LogP) is 4.22. The summed E-state index contributed by atoms with van der Waals surface area (Å²) in [5.41, 5.74) is 3.53. The average molecular weight is 248 g/mol. The lowest BCUT2D eigenvalue weighted by molar-refractivity contribution is -0.118. The first kappa shape index (κ1) is 11.9. The predicted molar refractivity (Wildman–Crippen MR) is 77.8 cm³/mol. The lowest BCUT2D eigenvalue weighted by atomic mass is 9.92. The van der Waals surface area contributed by atoms with Crippen molar-refractivity contribution in [1.29, 1.82) is 0 Å². The fraction of sp³-hybridized carbons (Fsp3) is 0.167. The Kier molecular flexibility index (Phi) is 3.28. The van der Waals surface area contributed by atoms with Crippen molar-refractivity contribution in [1.82, 2.24) is 0 Å². The van der Waals surface area contributed by atoms with E-state index >= 15 is 0 Å². The summed E-state index contributed by atoms with van der Waals surface area (Å²) in [6.45, 7) is 0. The van der Waals surface area contributed by atoms with Gasteiger partial charge in [0.2, 0.25) is 0 Å². The first-order chi connectivity index (χ1) is 9.34. The third-order valence-electron chi connectivity index (χ3n) is 3.64. The van der Waals surface area contributed by atoms with Gasteiger partial charge in [-0.2, -0.15) is 0 Å². The van der Waals surface area contributed by atoms with Crippen molar-refractivity contribution in [3.05, 3.63) is 77.4 Å². The van der Waals surface area contributed by atoms with Crippen LogP contribution in [0, 0.1) is 0 Å². The number of allylic oxidation sites excluding steroid dienone is 1. The van der Waals surface area contributed by atoms with Crippen molar-refractivity contribution in [3.63, 3.8) is 0 Å². The Morgan fingerprint density at radius 1 is 0.842 bits per heavy atom. The van der Waals surface area contributed by atoms with E-state index in [0.29, 0.717) is 12.2 Å². The number of carbonyl (C=O) groups is 1. The Labute approximate surface area is 113 Å². The molecule has 1 fully saturated rings. The van der Waals surface area contributed by atoms with Crippen LogP contribution >= 0.6 is 0 Å². The van der Waals surface area contributed by atoms with Gasteiger partial charge in [0.05, 0.1) is 5.92 Å². The van der Waals surface area contributed by atoms with Gasteiger partial charge in [0.25, 0.3) is 0 Å². The van der Waals surface area contributed by atoms with Gasteiger partial charge in [-0.15, -0.1) is 0 Å². The highest BCUT2D eigenvalue weighted by Gasteiger charge is 2.30. The van der Waals surface area contributed by atoms with Crippen LogP contribution in [0.5, 0.6) is 0 Å². The van der Waals surface area contributed by atoms with Gasteiger partial charge in [-0.3, -0.25) is 4.79 Å². The molecule has 2 aromatic carbocycles. The zero-order chi connectivity index (χ0) is 13.1. The monoisotopic (exact) mass is 248 g/mol. The lowest BCUT2D eigenvalue weighted by Gasteiger charge is -2.11. The zero-order valence-corrected chi connectivity index (χ0v) is 10.8. The van der Waals surface area contributed by atoms with Gasteiger partial charge < -0.3 is 0 Å². The molecule has 1 unspecified atom stereocenters. The molecule has 1 saturated carbocycles. The van der Waals surface area contributed by atoms with Crippen LogP contribution in [0.15, 0.2) is 66.2 Å². The van der Waals surface area contributed by atoms with Gasteiger partial charge in [-0.25, -0.2) is 0 Å². The molecule has 0 bridgehead atoms. The Hall–Kier alpha value is -2.15. The van der Waals surface area contributed by atoms with Gasteiger partial charge in [0.1, 0.15) is 5.78 Å². The molecule has 1 atom stereocenters. The van der Waals surface area contributed by atoms with E-state index < -0.39 is 0 Å². The largest absolute Gasteiger partial charge is 0.299 e. The first-order valence-corrected chi connectivity index (χ1v) is 6.68. The Morgan fingerprint density at radius 3 is 2.16 bits per heavy atom. The SMILES string of the molecule is O=C1CCC(=Cc2ccccc2)C1c1ccccc1. The van der Waals surface area contributed by atoms with E-state index in [1.54, 1.807) is 0 Å². The number of rotatable bonds is 2. The van der Waals surface area contributed by atoms with Gasteiger partial charge in [0, 0.05) is 6.42 Å². The van der Waals surface area contributed by atoms with Crippen molar-refractivity contribution in [2.45, 2.75) is 18.8 Å². The maximum atomic E-state index is 12.1. The van der Waals surface area contributed by atoms with Crippen molar-refractivity contribution in [3.8, 4) is 0 Å². The molecule has 0 aromatic heterocycles. The minimum Gasteiger partial charge on any atom is -0.299 e. The second-order valence-corrected chi connectivity index (χ2v) is 4.94. The molecule has 1 heteroatoms. The molecule has 3 rings (SSSR count). The van der Waals surface area contributed by atoms with E-state index in [9.17, 15) is 4.79 Å². The van der Waals surface area contributed by atoms with Crippen molar-refractivity contribution < 1.29 is 4.79 Å². The van der Waals surface area contributed by atoms with Gasteiger partial charge in [0.15, 0.2) is 0 Å². The third kappa shape index (κ3) is 2.50. The number of Topliss-reactive ketones (excluding diaryl/α,β-unsaturated/α-hetero) is 1. The zero-order valence-electron chi connectivity index (χ0n) is 10.8. The molecule has 0 N–H and O–H groups in total. The molecule has 0 amide bonds. The highest BCUT2D eigenvalue weighted by atomic mass is 16.1. The molecule has 94 valence electrons. The second kappa shape index (κ2) is 5.23. The molecule has 0 aliphatic heterocycles. The van der Waals surface area contributed by atoms with Crippen LogP contribution in [0.4, 0.5) is 0 Å². The van der Waals surface area contributed by atoms with Crippen molar-refractivity contribution in [2.75, 3.05) is 0 Å². The number of carbonyl (C=O) groups excluding carboxylic acids is 1. The summed E-state index contributed by atoms with van der Waals surface area (Å²) >= 11 is 0. The number of ketones is 1. The molecule has 1 nitrogen and oxygen atoms in total. The second-order valence-electron chi connectivity index (χ2n) is 4.94. The molecule has 0 spiro atoms. The normalized spacial score (nSPS) is 20.9. The molecule has 0 heterocycles. The third-order valence-corrected chi connectivity index (χ3v) is 3.64. The highest BCUT2D eigenvalue weighted by Crippen LogP contribution is 2.37. The van der Waals surface area contributed by atoms with Crippen molar-refractivity contribution >= 4 is 11.9 Å². The summed E-state index contributed by atoms with van der Waals surface area (Å²) < 4.78 is 0. The minimum absolute atomic E-state index is 0.0404. The van der Waals surface area contributed by atoms with Gasteiger partial charge in [-0.05, 0) is 17.5 Å². The summed E-state index contributed by atoms with van der Waals surface area (Å²) in [6.07, 6.45) is 3.72. The van der Waals surface area contributed by atoms with Gasteiger partial charge in [-0.1, -0.05) is 72.3 Å². The van der Waals surface area contributed by atoms with Gasteiger partial charge >= 0.3 is 0 Å². The molecular weight excluding hydrogens is 232 g/mol. The summed E-state index contributed by atoms with van der Waals surface area (Å²) in [6, 6.07) is 20.3. The smallest absolute Gasteiger partial charge is 0.144 e. The fourth-order valence-corrected chi connectivity index (χ4v) is 2.73. The molecule has 1 aliphatic carbocycles. The minimum atomic E-state index is -0.0404. The van der Waals surface area contributed by atoms with E-state index in [4.69, 9.17) is 0 Å². The van der Waals surface area contributed by atoms with E-state index in [-0.39, 0.29) is 5.92 Å². The standard InChI is InChI=1S/C18H16O/c19-17-12-11-16(13-14-7-3-1-4-8-14)18(17)15-9-5-2-6-10-15/h1-10,13,18H,11-12H2. The van der Waals surface area contributed by atoms with Crippen LogP contribution in [-0.4, -0.2) is 5.78 Å². The van der Waals surface area contributed by atoms with Crippen molar-refractivity contribution in [2.24, 2.45) is 0 Å². The maximum Gasteiger partial charge on any atom is 0.144 e. The maximum absolute atomic E-state index is 12.1. The van der Waals surface area contributed by atoms with Crippen LogP contribution in [0.25, 0.3) is 6.08 Å².